The standard InChI is InChI=1S/C24H29N9/c1-17(2)19-13-28-33-21(19)29-23(31-15-24(16-31)8-10-25-14-24)30-22(33)26-12-18-6-3-4-7-20(18)32-11-5-9-27-32/h3-7,9,11,13,17,25H,8,10,12,14-16H2,1-2H3,(H,26,29,30). The van der Waals surface area contributed by atoms with E-state index < -0.39 is 0 Å². The van der Waals surface area contributed by atoms with E-state index in [2.05, 4.69) is 51.7 Å². The molecule has 9 heteroatoms. The number of fused-ring (bicyclic) bond motifs is 1. The Kier molecular flexibility index (Phi) is 4.79. The summed E-state index contributed by atoms with van der Waals surface area (Å²) >= 11 is 0. The molecule has 2 N–H and O–H groups in total. The molecule has 9 nitrogen and oxygen atoms in total. The number of anilines is 2. The zero-order valence-corrected chi connectivity index (χ0v) is 19.1. The van der Waals surface area contributed by atoms with Crippen molar-refractivity contribution in [1.82, 2.24) is 34.7 Å². The summed E-state index contributed by atoms with van der Waals surface area (Å²) in [7, 11) is 0. The Balaban J connectivity index is 1.33. The second-order valence-corrected chi connectivity index (χ2v) is 9.55. The molecule has 0 unspecified atom stereocenters. The van der Waals surface area contributed by atoms with Crippen molar-refractivity contribution in [2.24, 2.45) is 5.41 Å². The second-order valence-electron chi connectivity index (χ2n) is 9.55. The highest BCUT2D eigenvalue weighted by molar-refractivity contribution is 5.57. The average Bonchev–Trinajstić information content (AvgIpc) is 3.56. The van der Waals surface area contributed by atoms with E-state index in [0.29, 0.717) is 23.8 Å². The first-order chi connectivity index (χ1) is 16.1. The molecule has 0 saturated carbocycles. The van der Waals surface area contributed by atoms with Crippen molar-refractivity contribution >= 4 is 17.5 Å². The first-order valence-electron chi connectivity index (χ1n) is 11.7. The average molecular weight is 444 g/mol. The number of nitrogens with zero attached hydrogens (tertiary/aromatic N) is 7. The first kappa shape index (κ1) is 20.2. The molecule has 1 spiro atoms. The zero-order valence-electron chi connectivity index (χ0n) is 19.1. The molecule has 6 rings (SSSR count). The van der Waals surface area contributed by atoms with Gasteiger partial charge < -0.3 is 15.5 Å². The number of benzene rings is 1. The van der Waals surface area contributed by atoms with Crippen LogP contribution in [0.5, 0.6) is 0 Å². The van der Waals surface area contributed by atoms with Gasteiger partial charge in [0.15, 0.2) is 5.65 Å². The van der Waals surface area contributed by atoms with Gasteiger partial charge in [0.2, 0.25) is 11.9 Å². The summed E-state index contributed by atoms with van der Waals surface area (Å²) < 4.78 is 3.72. The zero-order chi connectivity index (χ0) is 22.4. The van der Waals surface area contributed by atoms with E-state index in [9.17, 15) is 0 Å². The molecule has 2 aliphatic rings. The summed E-state index contributed by atoms with van der Waals surface area (Å²) in [6, 6.07) is 10.2. The van der Waals surface area contributed by atoms with Crippen LogP contribution in [0.1, 0.15) is 37.3 Å². The van der Waals surface area contributed by atoms with E-state index in [4.69, 9.17) is 9.97 Å². The van der Waals surface area contributed by atoms with Crippen molar-refractivity contribution in [2.75, 3.05) is 36.4 Å². The van der Waals surface area contributed by atoms with E-state index in [0.717, 1.165) is 54.6 Å². The van der Waals surface area contributed by atoms with Crippen molar-refractivity contribution in [3.63, 3.8) is 0 Å². The smallest absolute Gasteiger partial charge is 0.230 e. The number of nitrogens with one attached hydrogen (secondary N) is 2. The SMILES string of the molecule is CC(C)c1cnn2c(NCc3ccccc3-n3cccn3)nc(N3CC4(CCNC4)C3)nc12. The molecule has 170 valence electrons. The number of rotatable bonds is 6. The van der Waals surface area contributed by atoms with Crippen LogP contribution in [-0.2, 0) is 6.54 Å². The Hall–Kier alpha value is -3.46. The molecular formula is C24H29N9. The molecule has 0 bridgehead atoms. The largest absolute Gasteiger partial charge is 0.350 e. The minimum atomic E-state index is 0.334. The lowest BCUT2D eigenvalue weighted by atomic mass is 9.79. The summed E-state index contributed by atoms with van der Waals surface area (Å²) in [5.41, 5.74) is 4.57. The highest BCUT2D eigenvalue weighted by Crippen LogP contribution is 2.38. The minimum absolute atomic E-state index is 0.334. The van der Waals surface area contributed by atoms with Gasteiger partial charge in [-0.15, -0.1) is 0 Å². The third-order valence-corrected chi connectivity index (χ3v) is 6.85. The van der Waals surface area contributed by atoms with E-state index in [1.165, 1.54) is 6.42 Å². The van der Waals surface area contributed by atoms with Crippen molar-refractivity contribution in [3.05, 3.63) is 60.0 Å². The van der Waals surface area contributed by atoms with Crippen LogP contribution in [0.4, 0.5) is 11.9 Å². The fourth-order valence-electron chi connectivity index (χ4n) is 4.99. The molecule has 3 aromatic heterocycles. The maximum Gasteiger partial charge on any atom is 0.230 e. The van der Waals surface area contributed by atoms with Gasteiger partial charge in [0.1, 0.15) is 0 Å². The molecule has 1 aromatic carbocycles. The van der Waals surface area contributed by atoms with Crippen LogP contribution in [0.25, 0.3) is 11.3 Å². The first-order valence-corrected chi connectivity index (χ1v) is 11.7. The van der Waals surface area contributed by atoms with E-state index in [1.807, 2.05) is 39.8 Å². The lowest BCUT2D eigenvalue weighted by Gasteiger charge is -2.47. The van der Waals surface area contributed by atoms with E-state index in [1.54, 1.807) is 6.20 Å². The highest BCUT2D eigenvalue weighted by Gasteiger charge is 2.46. The number of hydrogen-bond donors (Lipinski definition) is 2. The Morgan fingerprint density at radius 2 is 2.00 bits per heavy atom. The molecule has 5 heterocycles. The molecule has 4 aromatic rings. The van der Waals surface area contributed by atoms with Crippen molar-refractivity contribution in [2.45, 2.75) is 32.7 Å². The van der Waals surface area contributed by atoms with Crippen molar-refractivity contribution in [1.29, 1.82) is 0 Å². The summed E-state index contributed by atoms with van der Waals surface area (Å²) in [6.07, 6.45) is 6.89. The van der Waals surface area contributed by atoms with Gasteiger partial charge in [-0.25, -0.2) is 4.68 Å². The molecule has 2 aliphatic heterocycles. The molecule has 2 saturated heterocycles. The third-order valence-electron chi connectivity index (χ3n) is 6.85. The summed E-state index contributed by atoms with van der Waals surface area (Å²) in [4.78, 5) is 12.2. The quantitative estimate of drug-likeness (QED) is 0.474. The maximum absolute atomic E-state index is 4.95. The van der Waals surface area contributed by atoms with Crippen LogP contribution >= 0.6 is 0 Å². The van der Waals surface area contributed by atoms with Gasteiger partial charge in [-0.3, -0.25) is 0 Å². The molecule has 2 fully saturated rings. The lowest BCUT2D eigenvalue weighted by molar-refractivity contribution is 0.240. The van der Waals surface area contributed by atoms with Gasteiger partial charge in [-0.1, -0.05) is 32.0 Å². The highest BCUT2D eigenvalue weighted by atomic mass is 15.4. The van der Waals surface area contributed by atoms with Gasteiger partial charge >= 0.3 is 0 Å². The van der Waals surface area contributed by atoms with Crippen molar-refractivity contribution < 1.29 is 0 Å². The van der Waals surface area contributed by atoms with Gasteiger partial charge in [0.05, 0.1) is 11.9 Å². The van der Waals surface area contributed by atoms with Crippen LogP contribution in [0, 0.1) is 5.41 Å². The molecular weight excluding hydrogens is 414 g/mol. The summed E-state index contributed by atoms with van der Waals surface area (Å²) in [5.74, 6) is 1.83. The maximum atomic E-state index is 4.95. The third kappa shape index (κ3) is 3.52. The summed E-state index contributed by atoms with van der Waals surface area (Å²) in [6.45, 7) is 9.16. The molecule has 0 aliphatic carbocycles. The van der Waals surface area contributed by atoms with Crippen molar-refractivity contribution in [3.8, 4) is 5.69 Å². The fourth-order valence-corrected chi connectivity index (χ4v) is 4.99. The van der Waals surface area contributed by atoms with Crippen LogP contribution in [0.2, 0.25) is 0 Å². The van der Waals surface area contributed by atoms with Gasteiger partial charge in [-0.05, 0) is 36.6 Å². The number of aromatic nitrogens is 6. The van der Waals surface area contributed by atoms with Gasteiger partial charge in [-0.2, -0.15) is 24.7 Å². The molecule has 0 atom stereocenters. The second kappa shape index (κ2) is 7.84. The molecule has 0 amide bonds. The van der Waals surface area contributed by atoms with Crippen LogP contribution in [-0.4, -0.2) is 55.5 Å². The topological polar surface area (TPSA) is 88.2 Å². The summed E-state index contributed by atoms with van der Waals surface area (Å²) in [5, 5.41) is 16.1. The predicted molar refractivity (Wildman–Crippen MR) is 128 cm³/mol. The van der Waals surface area contributed by atoms with Gasteiger partial charge in [0, 0.05) is 49.6 Å². The van der Waals surface area contributed by atoms with Gasteiger partial charge in [0.25, 0.3) is 0 Å². The molecule has 0 radical (unpaired) electrons. The Morgan fingerprint density at radius 1 is 1.12 bits per heavy atom. The fraction of sp³-hybridized carbons (Fsp3) is 0.417. The number of hydrogen-bond acceptors (Lipinski definition) is 7. The molecule has 33 heavy (non-hydrogen) atoms. The van der Waals surface area contributed by atoms with Crippen LogP contribution in [0.3, 0.4) is 0 Å². The Morgan fingerprint density at radius 3 is 2.76 bits per heavy atom. The Bertz CT molecular complexity index is 1260. The van der Waals surface area contributed by atoms with Crippen LogP contribution < -0.4 is 15.5 Å². The van der Waals surface area contributed by atoms with E-state index >= 15 is 0 Å². The normalized spacial score (nSPS) is 17.2. The lowest BCUT2D eigenvalue weighted by Crippen LogP contribution is -2.58. The minimum Gasteiger partial charge on any atom is -0.350 e. The predicted octanol–water partition coefficient (Wildman–Crippen LogP) is 2.85. The Labute approximate surface area is 192 Å². The monoisotopic (exact) mass is 443 g/mol. The van der Waals surface area contributed by atoms with Crippen LogP contribution in [0.15, 0.2) is 48.9 Å². The number of para-hydroxylation sites is 1. The van der Waals surface area contributed by atoms with E-state index in [-0.39, 0.29) is 0 Å².